The molecule has 2 heterocycles. The van der Waals surface area contributed by atoms with Crippen LogP contribution in [0.15, 0.2) is 52.1 Å². The predicted octanol–water partition coefficient (Wildman–Crippen LogP) is 3.25. The summed E-state index contributed by atoms with van der Waals surface area (Å²) in [5.74, 6) is -1.21. The molecule has 0 bridgehead atoms. The van der Waals surface area contributed by atoms with Gasteiger partial charge in [0.25, 0.3) is 5.91 Å². The molecule has 4 rings (SSSR count). The van der Waals surface area contributed by atoms with Crippen LogP contribution >= 0.6 is 0 Å². The molecule has 0 spiro atoms. The highest BCUT2D eigenvalue weighted by Crippen LogP contribution is 2.26. The van der Waals surface area contributed by atoms with Crippen molar-refractivity contribution in [1.29, 1.82) is 5.26 Å². The van der Waals surface area contributed by atoms with Crippen molar-refractivity contribution in [3.8, 4) is 6.07 Å². The Morgan fingerprint density at radius 3 is 2.73 bits per heavy atom. The standard InChI is InChI=1S/C26H28FN7O.CH5N/c1-26(2,15-28)22-9-8-21(27)24(33-22)34-23(20(14-29-3)25(35)32-18-6-7-18)31-19-5-4-17-13-30-11-10-16(17)12-19;1-2/h4-5,8-9,12,14,18,30H,3,6-7,10-11,13H2,1-2H3,(H,32,35)(H,31,33,34);2H2,1H3/b20-14+;. The van der Waals surface area contributed by atoms with Crippen LogP contribution in [0, 0.1) is 17.1 Å². The molecule has 37 heavy (non-hydrogen) atoms. The normalized spacial score (nSPS) is 15.5. The van der Waals surface area contributed by atoms with Gasteiger partial charge in [-0.05, 0) is 88.8 Å². The van der Waals surface area contributed by atoms with Crippen LogP contribution in [-0.2, 0) is 23.2 Å². The fraction of sp³-hybridized carbons (Fsp3) is 0.370. The van der Waals surface area contributed by atoms with Gasteiger partial charge in [0.15, 0.2) is 11.6 Å². The maximum atomic E-state index is 14.8. The molecule has 1 aromatic heterocycles. The molecule has 1 fully saturated rings. The number of aromatic nitrogens is 1. The Morgan fingerprint density at radius 1 is 1.30 bits per heavy atom. The molecule has 0 unspecified atom stereocenters. The van der Waals surface area contributed by atoms with Gasteiger partial charge >= 0.3 is 0 Å². The first kappa shape index (κ1) is 27.6. The van der Waals surface area contributed by atoms with Crippen molar-refractivity contribution in [2.75, 3.05) is 18.9 Å². The van der Waals surface area contributed by atoms with Gasteiger partial charge in [0.05, 0.1) is 17.2 Å². The first-order valence-electron chi connectivity index (χ1n) is 12.1. The molecular weight excluding hydrogens is 471 g/mol. The number of anilines is 1. The number of carbonyl (C=O) groups excluding carboxylic acids is 1. The molecule has 1 aromatic carbocycles. The maximum Gasteiger partial charge on any atom is 0.256 e. The lowest BCUT2D eigenvalue weighted by molar-refractivity contribution is -0.117. The Bertz CT molecular complexity index is 1260. The molecule has 0 radical (unpaired) electrons. The third-order valence-corrected chi connectivity index (χ3v) is 5.95. The van der Waals surface area contributed by atoms with E-state index in [4.69, 9.17) is 0 Å². The van der Waals surface area contributed by atoms with E-state index in [9.17, 15) is 14.4 Å². The molecule has 0 saturated heterocycles. The fourth-order valence-electron chi connectivity index (χ4n) is 3.68. The lowest BCUT2D eigenvalue weighted by atomic mass is 9.91. The van der Waals surface area contributed by atoms with E-state index in [-0.39, 0.29) is 29.2 Å². The van der Waals surface area contributed by atoms with Crippen molar-refractivity contribution >= 4 is 30.0 Å². The molecule has 2 aliphatic rings. The monoisotopic (exact) mass is 504 g/mol. The highest BCUT2D eigenvalue weighted by Gasteiger charge is 2.28. The number of fused-ring (bicyclic) bond motifs is 1. The molecule has 1 amide bonds. The molecule has 1 saturated carbocycles. The average molecular weight is 505 g/mol. The van der Waals surface area contributed by atoms with Crippen LogP contribution in [0.3, 0.4) is 0 Å². The van der Waals surface area contributed by atoms with E-state index in [1.165, 1.54) is 36.5 Å². The topological polar surface area (TPSA) is 141 Å². The third kappa shape index (κ3) is 7.06. The zero-order valence-electron chi connectivity index (χ0n) is 21.4. The number of amides is 1. The minimum Gasteiger partial charge on any atom is -0.349 e. The Labute approximate surface area is 216 Å². The largest absolute Gasteiger partial charge is 0.349 e. The number of hydrogen-bond acceptors (Lipinski definition) is 7. The van der Waals surface area contributed by atoms with Crippen molar-refractivity contribution in [1.82, 2.24) is 15.6 Å². The summed E-state index contributed by atoms with van der Waals surface area (Å²) in [6.07, 6.45) is 3.98. The number of rotatable bonds is 7. The molecule has 10 heteroatoms. The number of hydrogen-bond donors (Lipinski definition) is 4. The van der Waals surface area contributed by atoms with Gasteiger partial charge in [0.1, 0.15) is 11.4 Å². The molecule has 0 atom stereocenters. The molecule has 2 aromatic rings. The van der Waals surface area contributed by atoms with E-state index < -0.39 is 11.2 Å². The summed E-state index contributed by atoms with van der Waals surface area (Å²) in [5.41, 5.74) is 7.13. The van der Waals surface area contributed by atoms with Gasteiger partial charge in [0, 0.05) is 24.5 Å². The van der Waals surface area contributed by atoms with E-state index in [0.717, 1.165) is 32.4 Å². The highest BCUT2D eigenvalue weighted by atomic mass is 19.1. The first-order valence-corrected chi connectivity index (χ1v) is 12.1. The van der Waals surface area contributed by atoms with E-state index in [0.29, 0.717) is 11.4 Å². The zero-order valence-corrected chi connectivity index (χ0v) is 21.4. The van der Waals surface area contributed by atoms with Gasteiger partial charge in [0.2, 0.25) is 0 Å². The predicted molar refractivity (Wildman–Crippen MR) is 144 cm³/mol. The molecule has 5 N–H and O–H groups in total. The SMILES string of the molecule is C=N/C=C(C(=O)NC1CC1)\C(=N\c1nc(C(C)(C)C#N)ccc1F)Nc1ccc2c(c1)CCNC2.CN. The van der Waals surface area contributed by atoms with Gasteiger partial charge in [-0.1, -0.05) is 6.07 Å². The smallest absolute Gasteiger partial charge is 0.256 e. The van der Waals surface area contributed by atoms with Crippen molar-refractivity contribution in [2.45, 2.75) is 51.1 Å². The lowest BCUT2D eigenvalue weighted by Gasteiger charge is -2.19. The summed E-state index contributed by atoms with van der Waals surface area (Å²) >= 11 is 0. The second-order valence-electron chi connectivity index (χ2n) is 9.21. The number of aliphatic imine (C=N–C) groups is 2. The number of pyridine rings is 1. The van der Waals surface area contributed by atoms with Gasteiger partial charge < -0.3 is 21.7 Å². The van der Waals surface area contributed by atoms with Gasteiger partial charge in [-0.25, -0.2) is 14.4 Å². The summed E-state index contributed by atoms with van der Waals surface area (Å²) in [5, 5.41) is 18.9. The quantitative estimate of drug-likeness (QED) is 0.259. The van der Waals surface area contributed by atoms with Crippen molar-refractivity contribution < 1.29 is 9.18 Å². The van der Waals surface area contributed by atoms with Crippen molar-refractivity contribution in [3.63, 3.8) is 0 Å². The molecule has 1 aliphatic carbocycles. The number of nitrogens with zero attached hydrogens (tertiary/aromatic N) is 4. The minimum atomic E-state index is -0.942. The number of benzene rings is 1. The summed E-state index contributed by atoms with van der Waals surface area (Å²) in [7, 11) is 1.50. The number of carbonyl (C=O) groups is 1. The summed E-state index contributed by atoms with van der Waals surface area (Å²) < 4.78 is 14.8. The van der Waals surface area contributed by atoms with E-state index in [2.05, 4.69) is 49.4 Å². The van der Waals surface area contributed by atoms with Crippen LogP contribution in [0.1, 0.15) is 43.5 Å². The molecular formula is C27H33FN8O. The second kappa shape index (κ2) is 12.3. The van der Waals surface area contributed by atoms with Crippen LogP contribution in [0.4, 0.5) is 15.9 Å². The Kier molecular flexibility index (Phi) is 9.22. The van der Waals surface area contributed by atoms with Gasteiger partial charge in [-0.3, -0.25) is 9.79 Å². The number of nitriles is 1. The molecule has 1 aliphatic heterocycles. The number of amidine groups is 1. The van der Waals surface area contributed by atoms with Crippen LogP contribution in [0.2, 0.25) is 0 Å². The van der Waals surface area contributed by atoms with E-state index in [1.807, 2.05) is 18.2 Å². The summed E-state index contributed by atoms with van der Waals surface area (Å²) in [6, 6.07) is 10.8. The first-order chi connectivity index (χ1) is 17.8. The number of nitrogens with two attached hydrogens (primary N) is 1. The zero-order chi connectivity index (χ0) is 27.0. The minimum absolute atomic E-state index is 0.0859. The number of nitrogens with one attached hydrogen (secondary N) is 3. The Hall–Kier alpha value is -3.94. The second-order valence-corrected chi connectivity index (χ2v) is 9.21. The van der Waals surface area contributed by atoms with Crippen molar-refractivity contribution in [2.24, 2.45) is 15.7 Å². The molecule has 9 nitrogen and oxygen atoms in total. The fourth-order valence-corrected chi connectivity index (χ4v) is 3.68. The van der Waals surface area contributed by atoms with E-state index >= 15 is 0 Å². The van der Waals surface area contributed by atoms with Gasteiger partial charge in [-0.2, -0.15) is 5.26 Å². The van der Waals surface area contributed by atoms with Crippen LogP contribution < -0.4 is 21.7 Å². The lowest BCUT2D eigenvalue weighted by Crippen LogP contribution is -2.32. The number of halogens is 1. The maximum absolute atomic E-state index is 14.8. The summed E-state index contributed by atoms with van der Waals surface area (Å²) in [6.45, 7) is 8.54. The van der Waals surface area contributed by atoms with E-state index in [1.54, 1.807) is 13.8 Å². The van der Waals surface area contributed by atoms with Crippen LogP contribution in [0.5, 0.6) is 0 Å². The third-order valence-electron chi connectivity index (χ3n) is 5.95. The Morgan fingerprint density at radius 2 is 2.05 bits per heavy atom. The molecule has 194 valence electrons. The highest BCUT2D eigenvalue weighted by molar-refractivity contribution is 6.25. The van der Waals surface area contributed by atoms with Gasteiger partial charge in [-0.15, -0.1) is 0 Å². The van der Waals surface area contributed by atoms with Crippen LogP contribution in [-0.4, -0.2) is 43.1 Å². The van der Waals surface area contributed by atoms with Crippen molar-refractivity contribution in [3.05, 3.63) is 64.7 Å². The van der Waals surface area contributed by atoms with Crippen LogP contribution in [0.25, 0.3) is 0 Å². The Balaban J connectivity index is 0.00000186. The summed E-state index contributed by atoms with van der Waals surface area (Å²) in [4.78, 5) is 25.6. The average Bonchev–Trinajstić information content (AvgIpc) is 3.73.